The predicted octanol–water partition coefficient (Wildman–Crippen LogP) is 2.75. The molecule has 2 rings (SSSR count). The van der Waals surface area contributed by atoms with Gasteiger partial charge in [0, 0.05) is 5.92 Å². The van der Waals surface area contributed by atoms with Gasteiger partial charge in [-0.3, -0.25) is 4.79 Å². The molecular weight excluding hydrogens is 226 g/mol. The van der Waals surface area contributed by atoms with Gasteiger partial charge in [0.1, 0.15) is 6.04 Å². The van der Waals surface area contributed by atoms with Crippen LogP contribution in [-0.4, -0.2) is 17.1 Å². The molecule has 0 saturated carbocycles. The number of hydrogen-bond donors (Lipinski definition) is 2. The Morgan fingerprint density at radius 2 is 1.89 bits per heavy atom. The van der Waals surface area contributed by atoms with Crippen molar-refractivity contribution in [2.45, 2.75) is 25.3 Å². The standard InChI is InChI=1S/C15H17NO2/c1-2-13(14(16)15(17)18)12-8-7-10-5-3-4-6-11(10)9-12/h3-9,13-14H,2,16H2,1H3,(H,17,18). The van der Waals surface area contributed by atoms with Gasteiger partial charge in [0.25, 0.3) is 0 Å². The van der Waals surface area contributed by atoms with E-state index in [9.17, 15) is 4.79 Å². The summed E-state index contributed by atoms with van der Waals surface area (Å²) in [4.78, 5) is 11.0. The van der Waals surface area contributed by atoms with Crippen LogP contribution in [-0.2, 0) is 4.79 Å². The molecule has 0 fully saturated rings. The number of nitrogens with two attached hydrogens (primary N) is 1. The third-order valence-corrected chi connectivity index (χ3v) is 3.36. The lowest BCUT2D eigenvalue weighted by Gasteiger charge is -2.20. The van der Waals surface area contributed by atoms with Crippen molar-refractivity contribution in [2.24, 2.45) is 5.73 Å². The van der Waals surface area contributed by atoms with Crippen molar-refractivity contribution < 1.29 is 9.90 Å². The summed E-state index contributed by atoms with van der Waals surface area (Å²) in [6.45, 7) is 1.96. The Labute approximate surface area is 106 Å². The molecule has 3 nitrogen and oxygen atoms in total. The fraction of sp³-hybridized carbons (Fsp3) is 0.267. The zero-order chi connectivity index (χ0) is 13.1. The third-order valence-electron chi connectivity index (χ3n) is 3.36. The van der Waals surface area contributed by atoms with E-state index in [-0.39, 0.29) is 5.92 Å². The van der Waals surface area contributed by atoms with E-state index in [0.29, 0.717) is 6.42 Å². The van der Waals surface area contributed by atoms with Crippen LogP contribution in [0.25, 0.3) is 10.8 Å². The minimum atomic E-state index is -0.949. The average Bonchev–Trinajstić information content (AvgIpc) is 2.39. The Hall–Kier alpha value is -1.87. The van der Waals surface area contributed by atoms with E-state index in [1.165, 1.54) is 0 Å². The third kappa shape index (κ3) is 2.36. The first kappa shape index (κ1) is 12.6. The number of rotatable bonds is 4. The molecule has 0 heterocycles. The van der Waals surface area contributed by atoms with Crippen LogP contribution in [0, 0.1) is 0 Å². The molecule has 0 bridgehead atoms. The van der Waals surface area contributed by atoms with Crippen LogP contribution in [0.5, 0.6) is 0 Å². The minimum absolute atomic E-state index is 0.146. The molecule has 0 aromatic heterocycles. The lowest BCUT2D eigenvalue weighted by Crippen LogP contribution is -2.36. The predicted molar refractivity (Wildman–Crippen MR) is 72.6 cm³/mol. The van der Waals surface area contributed by atoms with E-state index in [1.54, 1.807) is 0 Å². The molecule has 0 amide bonds. The molecule has 0 radical (unpaired) electrons. The fourth-order valence-electron chi connectivity index (χ4n) is 2.31. The number of benzene rings is 2. The molecule has 94 valence electrons. The second-order valence-corrected chi connectivity index (χ2v) is 4.49. The molecule has 2 unspecified atom stereocenters. The first-order valence-corrected chi connectivity index (χ1v) is 6.10. The molecule has 3 heteroatoms. The smallest absolute Gasteiger partial charge is 0.321 e. The van der Waals surface area contributed by atoms with Crippen molar-refractivity contribution in [1.82, 2.24) is 0 Å². The number of carbonyl (C=O) groups is 1. The maximum atomic E-state index is 11.0. The molecule has 2 atom stereocenters. The van der Waals surface area contributed by atoms with Gasteiger partial charge in [-0.05, 0) is 22.8 Å². The SMILES string of the molecule is CCC(c1ccc2ccccc2c1)C(N)C(=O)O. The van der Waals surface area contributed by atoms with Gasteiger partial charge in [-0.15, -0.1) is 0 Å². The van der Waals surface area contributed by atoms with E-state index < -0.39 is 12.0 Å². The summed E-state index contributed by atoms with van der Waals surface area (Å²) in [5.74, 6) is -1.10. The Bertz CT molecular complexity index is 565. The van der Waals surface area contributed by atoms with Crippen LogP contribution in [0.3, 0.4) is 0 Å². The molecular formula is C15H17NO2. The van der Waals surface area contributed by atoms with Gasteiger partial charge >= 0.3 is 5.97 Å². The Morgan fingerprint density at radius 1 is 1.22 bits per heavy atom. The number of carboxylic acids is 1. The Kier molecular flexibility index (Phi) is 3.63. The molecule has 2 aromatic rings. The largest absolute Gasteiger partial charge is 0.480 e. The number of aliphatic carboxylic acids is 1. The van der Waals surface area contributed by atoms with E-state index in [4.69, 9.17) is 10.8 Å². The lowest BCUT2D eigenvalue weighted by molar-refractivity contribution is -0.139. The molecule has 3 N–H and O–H groups in total. The zero-order valence-corrected chi connectivity index (χ0v) is 10.3. The highest BCUT2D eigenvalue weighted by Gasteiger charge is 2.24. The number of hydrogen-bond acceptors (Lipinski definition) is 2. The van der Waals surface area contributed by atoms with Crippen LogP contribution in [0.15, 0.2) is 42.5 Å². The minimum Gasteiger partial charge on any atom is -0.480 e. The summed E-state index contributed by atoms with van der Waals surface area (Å²) in [6.07, 6.45) is 0.714. The van der Waals surface area contributed by atoms with Crippen molar-refractivity contribution in [2.75, 3.05) is 0 Å². The first-order valence-electron chi connectivity index (χ1n) is 6.10. The summed E-state index contributed by atoms with van der Waals surface area (Å²) in [5.41, 5.74) is 6.74. The lowest BCUT2D eigenvalue weighted by atomic mass is 9.88. The van der Waals surface area contributed by atoms with Gasteiger partial charge in [0.15, 0.2) is 0 Å². The summed E-state index contributed by atoms with van der Waals surface area (Å²) in [6, 6.07) is 13.2. The molecule has 0 aliphatic heterocycles. The molecule has 0 saturated heterocycles. The highest BCUT2D eigenvalue weighted by atomic mass is 16.4. The van der Waals surface area contributed by atoms with Crippen LogP contribution in [0.1, 0.15) is 24.8 Å². The molecule has 0 spiro atoms. The molecule has 2 aromatic carbocycles. The van der Waals surface area contributed by atoms with Gasteiger partial charge in [-0.2, -0.15) is 0 Å². The van der Waals surface area contributed by atoms with Gasteiger partial charge < -0.3 is 10.8 Å². The highest BCUT2D eigenvalue weighted by Crippen LogP contribution is 2.26. The van der Waals surface area contributed by atoms with E-state index in [0.717, 1.165) is 16.3 Å². The van der Waals surface area contributed by atoms with E-state index in [2.05, 4.69) is 0 Å². The zero-order valence-electron chi connectivity index (χ0n) is 10.3. The van der Waals surface area contributed by atoms with Gasteiger partial charge in [-0.25, -0.2) is 0 Å². The molecule has 18 heavy (non-hydrogen) atoms. The Morgan fingerprint density at radius 3 is 2.50 bits per heavy atom. The van der Waals surface area contributed by atoms with Crippen LogP contribution in [0.4, 0.5) is 0 Å². The van der Waals surface area contributed by atoms with Crippen molar-refractivity contribution in [3.8, 4) is 0 Å². The summed E-state index contributed by atoms with van der Waals surface area (Å²) in [7, 11) is 0. The van der Waals surface area contributed by atoms with Gasteiger partial charge in [0.2, 0.25) is 0 Å². The summed E-state index contributed by atoms with van der Waals surface area (Å²) in [5, 5.41) is 11.3. The van der Waals surface area contributed by atoms with Crippen LogP contribution >= 0.6 is 0 Å². The maximum Gasteiger partial charge on any atom is 0.321 e. The molecule has 0 aliphatic rings. The van der Waals surface area contributed by atoms with Crippen molar-refractivity contribution in [3.63, 3.8) is 0 Å². The van der Waals surface area contributed by atoms with Crippen molar-refractivity contribution >= 4 is 16.7 Å². The number of fused-ring (bicyclic) bond motifs is 1. The highest BCUT2D eigenvalue weighted by molar-refractivity contribution is 5.83. The quantitative estimate of drug-likeness (QED) is 0.867. The van der Waals surface area contributed by atoms with Crippen LogP contribution in [0.2, 0.25) is 0 Å². The summed E-state index contributed by atoms with van der Waals surface area (Å²) >= 11 is 0. The fourth-order valence-corrected chi connectivity index (χ4v) is 2.31. The summed E-state index contributed by atoms with van der Waals surface area (Å²) < 4.78 is 0. The monoisotopic (exact) mass is 243 g/mol. The van der Waals surface area contributed by atoms with Crippen molar-refractivity contribution in [3.05, 3.63) is 48.0 Å². The Balaban J connectivity index is 2.42. The normalized spacial score (nSPS) is 14.3. The maximum absolute atomic E-state index is 11.0. The first-order chi connectivity index (χ1) is 8.63. The second kappa shape index (κ2) is 5.19. The number of carboxylic acid groups (broad SMARTS) is 1. The topological polar surface area (TPSA) is 63.3 Å². The van der Waals surface area contributed by atoms with E-state index >= 15 is 0 Å². The van der Waals surface area contributed by atoms with Gasteiger partial charge in [-0.1, -0.05) is 49.4 Å². The second-order valence-electron chi connectivity index (χ2n) is 4.49. The van der Waals surface area contributed by atoms with Crippen LogP contribution < -0.4 is 5.73 Å². The van der Waals surface area contributed by atoms with Crippen molar-refractivity contribution in [1.29, 1.82) is 0 Å². The average molecular weight is 243 g/mol. The molecule has 0 aliphatic carbocycles. The van der Waals surface area contributed by atoms with Gasteiger partial charge in [0.05, 0.1) is 0 Å². The van der Waals surface area contributed by atoms with E-state index in [1.807, 2.05) is 49.4 Å².